The molecular weight excluding hydrogens is 1170 g/mol. The van der Waals surface area contributed by atoms with Crippen molar-refractivity contribution in [3.05, 3.63) is 188 Å². The van der Waals surface area contributed by atoms with Gasteiger partial charge in [-0.3, -0.25) is 28.2 Å². The van der Waals surface area contributed by atoms with Crippen molar-refractivity contribution in [2.45, 2.75) is 65.2 Å². The second-order valence-corrected chi connectivity index (χ2v) is 21.6. The summed E-state index contributed by atoms with van der Waals surface area (Å²) in [6.07, 6.45) is 3.16. The summed E-state index contributed by atoms with van der Waals surface area (Å²) in [5.41, 5.74) is 4.08. The topological polar surface area (TPSA) is 141 Å². The van der Waals surface area contributed by atoms with Gasteiger partial charge in [0.1, 0.15) is 0 Å². The van der Waals surface area contributed by atoms with Crippen LogP contribution in [0.5, 0.6) is 0 Å². The second kappa shape index (κ2) is 28.7. The molecule has 4 aromatic heterocycles. The molecule has 8 aromatic rings. The van der Waals surface area contributed by atoms with E-state index in [0.29, 0.717) is 47.4 Å². The van der Waals surface area contributed by atoms with Crippen molar-refractivity contribution in [1.29, 1.82) is 0 Å². The number of anilines is 2. The van der Waals surface area contributed by atoms with Crippen LogP contribution in [0, 0.1) is 38.0 Å². The Morgan fingerprint density at radius 2 is 1.11 bits per heavy atom. The van der Waals surface area contributed by atoms with E-state index in [1.807, 2.05) is 90.9 Å². The number of hydrogen-bond acceptors (Lipinski definition) is 11. The number of rotatable bonds is 8. The number of terminal acetylenes is 1. The molecule has 22 heteroatoms. The molecule has 1 unspecified atom stereocenters. The first-order chi connectivity index (χ1) is 40.6. The zero-order chi connectivity index (χ0) is 60.8. The maximum atomic E-state index is 13.9. The normalized spacial score (nSPS) is 15.9. The van der Waals surface area contributed by atoms with E-state index in [4.69, 9.17) is 11.2 Å². The highest BCUT2D eigenvalue weighted by molar-refractivity contribution is 9.10. The number of aryl methyl sites for hydroxylation is 2. The zero-order valence-electron chi connectivity index (χ0n) is 47.7. The largest absolute Gasteiger partial charge is 0.416 e. The summed E-state index contributed by atoms with van der Waals surface area (Å²) in [4.78, 5) is 33.8. The predicted molar refractivity (Wildman–Crippen MR) is 319 cm³/mol. The number of aromatic nitrogens is 6. The van der Waals surface area contributed by atoms with Gasteiger partial charge in [0.05, 0.1) is 17.2 Å². The summed E-state index contributed by atoms with van der Waals surface area (Å²) in [5, 5.41) is 21.0. The van der Waals surface area contributed by atoms with Gasteiger partial charge in [0, 0.05) is 118 Å². The van der Waals surface area contributed by atoms with Crippen LogP contribution < -0.4 is 10.6 Å². The van der Waals surface area contributed by atoms with Crippen LogP contribution in [-0.2, 0) is 30.2 Å². The molecule has 4 aromatic carbocycles. The molecule has 7 heterocycles. The number of pyridine rings is 2. The van der Waals surface area contributed by atoms with E-state index in [1.165, 1.54) is 37.1 Å². The second-order valence-electron chi connectivity index (χ2n) is 20.9. The molecule has 3 aliphatic heterocycles. The average molecular weight is 1230 g/mol. The van der Waals surface area contributed by atoms with E-state index in [9.17, 15) is 35.9 Å². The van der Waals surface area contributed by atoms with Crippen molar-refractivity contribution in [1.82, 2.24) is 48.8 Å². The molecule has 0 spiro atoms. The van der Waals surface area contributed by atoms with Crippen LogP contribution in [-0.4, -0.2) is 140 Å². The molecule has 3 aliphatic rings. The van der Waals surface area contributed by atoms with Crippen molar-refractivity contribution < 1.29 is 40.7 Å². The molecule has 0 radical (unpaired) electrons. The Kier molecular flexibility index (Phi) is 21.3. The number of nitrogens with zero attached hydrogens (tertiary/aromatic N) is 10. The molecular formula is C63H65BrF6N12O3. The Morgan fingerprint density at radius 3 is 1.56 bits per heavy atom. The minimum Gasteiger partial charge on any atom is -0.379 e. The number of benzene rings is 4. The van der Waals surface area contributed by atoms with Gasteiger partial charge in [-0.1, -0.05) is 48.2 Å². The van der Waals surface area contributed by atoms with Gasteiger partial charge in [0.2, 0.25) is 10.6 Å². The Bertz CT molecular complexity index is 3710. The van der Waals surface area contributed by atoms with Crippen molar-refractivity contribution in [3.63, 3.8) is 0 Å². The van der Waals surface area contributed by atoms with Crippen LogP contribution in [0.3, 0.4) is 0 Å². The quantitative estimate of drug-likeness (QED) is 0.111. The van der Waals surface area contributed by atoms with Gasteiger partial charge in [0.25, 0.3) is 11.8 Å². The Balaban J connectivity index is 0.000000178. The number of likely N-dealkylation sites (N-methyl/N-ethyl adjacent to an activating group) is 2. The lowest BCUT2D eigenvalue weighted by atomic mass is 10.0. The van der Waals surface area contributed by atoms with E-state index in [-0.39, 0.29) is 41.2 Å². The lowest BCUT2D eigenvalue weighted by Gasteiger charge is -2.33. The number of amides is 2. The summed E-state index contributed by atoms with van der Waals surface area (Å²) in [6, 6.07) is 29.1. The van der Waals surface area contributed by atoms with Crippen molar-refractivity contribution in [2.75, 3.05) is 83.7 Å². The first-order valence-corrected chi connectivity index (χ1v) is 28.3. The fraction of sp³-hybridized carbons (Fsp3) is 0.333. The molecule has 2 amide bonds. The lowest BCUT2D eigenvalue weighted by molar-refractivity contribution is -0.139. The molecule has 11 rings (SSSR count). The number of carbonyl (C=O) groups is 2. The lowest BCUT2D eigenvalue weighted by Crippen LogP contribution is -2.44. The van der Waals surface area contributed by atoms with E-state index in [2.05, 4.69) is 81.4 Å². The van der Waals surface area contributed by atoms with Crippen molar-refractivity contribution in [3.8, 4) is 24.2 Å². The minimum absolute atomic E-state index is 0.0811. The standard InChI is InChI=1S/C29H27F3N6O.C23H24F3N3O.C6H4BrN3.C5H10O/c1-20-6-7-22(17-21(20)9-11-27-35-34-26-5-3-4-12-38(26)27)28(39)33-24-10-8-23(25(18-24)29(30,31)32)19-37-15-13-36(2)14-16-37;1-4-17-13-18(6-5-16(17)2)22(30)27-20-8-7-19(21(14-20)23(24,25)26)15-29-11-9-28(3)10-12-29;7-6-9-8-5-3-1-2-4-10(5)6;1-5-3-2-4-6-5/h3-8,10,12,17-18H,13-16,19H2,1-2H3,(H,33,39);1,5-8,13-14H,9-12,15H2,2-3H3,(H,27,30);1-4H;5H,2-4H2,1H3. The first kappa shape index (κ1) is 63.1. The summed E-state index contributed by atoms with van der Waals surface area (Å²) in [5.74, 6) is 7.94. The van der Waals surface area contributed by atoms with E-state index in [1.54, 1.807) is 40.8 Å². The van der Waals surface area contributed by atoms with Crippen LogP contribution >= 0.6 is 15.9 Å². The molecule has 3 fully saturated rings. The maximum Gasteiger partial charge on any atom is 0.416 e. The number of halogens is 7. The smallest absolute Gasteiger partial charge is 0.379 e. The van der Waals surface area contributed by atoms with E-state index in [0.717, 1.165) is 79.5 Å². The van der Waals surface area contributed by atoms with Gasteiger partial charge in [-0.15, -0.1) is 26.8 Å². The highest BCUT2D eigenvalue weighted by atomic mass is 79.9. The summed E-state index contributed by atoms with van der Waals surface area (Å²) < 4.78 is 92.4. The number of carbonyl (C=O) groups excluding carboxylic acids is 2. The maximum absolute atomic E-state index is 13.9. The number of piperazine rings is 2. The molecule has 3 saturated heterocycles. The third-order valence-electron chi connectivity index (χ3n) is 14.5. The summed E-state index contributed by atoms with van der Waals surface area (Å²) in [6.45, 7) is 13.4. The third kappa shape index (κ3) is 17.6. The van der Waals surface area contributed by atoms with Gasteiger partial charge in [-0.25, -0.2) is 0 Å². The number of alkyl halides is 6. The number of hydrogen-bond donors (Lipinski definition) is 2. The minimum atomic E-state index is -4.54. The molecule has 15 nitrogen and oxygen atoms in total. The van der Waals surface area contributed by atoms with Gasteiger partial charge in [-0.2, -0.15) is 26.3 Å². The number of fused-ring (bicyclic) bond motifs is 2. The molecule has 0 aliphatic carbocycles. The monoisotopic (exact) mass is 1230 g/mol. The summed E-state index contributed by atoms with van der Waals surface area (Å²) >= 11 is 3.26. The highest BCUT2D eigenvalue weighted by Gasteiger charge is 2.36. The van der Waals surface area contributed by atoms with Crippen LogP contribution in [0.15, 0.2) is 126 Å². The summed E-state index contributed by atoms with van der Waals surface area (Å²) in [7, 11) is 3.99. The fourth-order valence-electron chi connectivity index (χ4n) is 9.43. The average Bonchev–Trinajstić information content (AvgIpc) is 3.90. The van der Waals surface area contributed by atoms with Gasteiger partial charge >= 0.3 is 12.4 Å². The molecule has 2 N–H and O–H groups in total. The fourth-order valence-corrected chi connectivity index (χ4v) is 9.81. The van der Waals surface area contributed by atoms with Crippen molar-refractivity contribution >= 4 is 50.4 Å². The van der Waals surface area contributed by atoms with Gasteiger partial charge < -0.3 is 25.2 Å². The Morgan fingerprint density at radius 1 is 0.624 bits per heavy atom. The third-order valence-corrected chi connectivity index (χ3v) is 15.1. The predicted octanol–water partition coefficient (Wildman–Crippen LogP) is 11.1. The van der Waals surface area contributed by atoms with E-state index >= 15 is 0 Å². The van der Waals surface area contributed by atoms with Crippen LogP contribution in [0.2, 0.25) is 0 Å². The van der Waals surface area contributed by atoms with Crippen molar-refractivity contribution in [2.24, 2.45) is 0 Å². The van der Waals surface area contributed by atoms with Gasteiger partial charge in [0.15, 0.2) is 11.3 Å². The first-order valence-electron chi connectivity index (χ1n) is 27.5. The Labute approximate surface area is 498 Å². The number of ether oxygens (including phenoxy) is 1. The molecule has 0 saturated carbocycles. The number of nitrogens with one attached hydrogen (secondary N) is 2. The molecule has 0 bridgehead atoms. The van der Waals surface area contributed by atoms with Crippen LogP contribution in [0.25, 0.3) is 11.3 Å². The molecule has 85 heavy (non-hydrogen) atoms. The molecule has 444 valence electrons. The molecule has 1 atom stereocenters. The van der Waals surface area contributed by atoms with Crippen LogP contribution in [0.4, 0.5) is 37.7 Å². The highest BCUT2D eigenvalue weighted by Crippen LogP contribution is 2.36. The Hall–Kier alpha value is -7.96. The van der Waals surface area contributed by atoms with E-state index < -0.39 is 35.3 Å². The zero-order valence-corrected chi connectivity index (χ0v) is 49.3. The van der Waals surface area contributed by atoms with Gasteiger partial charge in [-0.05, 0) is 165 Å². The SMILES string of the molecule is Brc1nnc2ccccn12.C#Cc1cc(C(=O)Nc2ccc(CN3CCN(C)CC3)c(C(F)(F)F)c2)ccc1C.CC1CCCO1.Cc1ccc(C(=O)Nc2ccc(CN3CCN(C)CC3)c(C(F)(F)F)c2)cc1C#Cc1nnc2ccccn12. The van der Waals surface area contributed by atoms with Crippen LogP contribution in [0.1, 0.15) is 90.8 Å².